The third-order valence-electron chi connectivity index (χ3n) is 4.99. The number of carbonyl (C=O) groups excluding carboxylic acids is 2. The molecule has 27 heavy (non-hydrogen) atoms. The number of ketones is 1. The van der Waals surface area contributed by atoms with Crippen LogP contribution in [0.2, 0.25) is 0 Å². The summed E-state index contributed by atoms with van der Waals surface area (Å²) < 4.78 is 7.02. The molecule has 1 unspecified atom stereocenters. The Bertz CT molecular complexity index is 810. The van der Waals surface area contributed by atoms with Gasteiger partial charge in [0.05, 0.1) is 30.5 Å². The Balaban J connectivity index is 1.78. The van der Waals surface area contributed by atoms with Crippen LogP contribution in [0.3, 0.4) is 0 Å². The van der Waals surface area contributed by atoms with E-state index in [1.54, 1.807) is 25.6 Å². The first kappa shape index (κ1) is 19.3. The molecule has 1 aliphatic rings. The van der Waals surface area contributed by atoms with Crippen molar-refractivity contribution in [2.45, 2.75) is 19.9 Å². The zero-order chi connectivity index (χ0) is 19.4. The topological polar surface area (TPSA) is 76.5 Å². The fourth-order valence-corrected chi connectivity index (χ4v) is 3.40. The van der Waals surface area contributed by atoms with Gasteiger partial charge in [0.25, 0.3) is 11.7 Å². The van der Waals surface area contributed by atoms with Crippen LogP contribution in [-0.2, 0) is 16.6 Å². The second-order valence-corrected chi connectivity index (χ2v) is 6.85. The molecular weight excluding hydrogens is 344 g/mol. The fraction of sp³-hybridized carbons (Fsp3) is 0.450. The maximum Gasteiger partial charge on any atom is 0.293 e. The molecule has 7 nitrogen and oxygen atoms in total. The summed E-state index contributed by atoms with van der Waals surface area (Å²) in [4.78, 5) is 27.7. The van der Waals surface area contributed by atoms with Gasteiger partial charge in [0.1, 0.15) is 0 Å². The van der Waals surface area contributed by atoms with Crippen molar-refractivity contribution >= 4 is 11.7 Å². The van der Waals surface area contributed by atoms with E-state index in [0.29, 0.717) is 36.7 Å². The molecule has 0 aliphatic carbocycles. The van der Waals surface area contributed by atoms with Crippen molar-refractivity contribution in [3.05, 3.63) is 52.8 Å². The smallest absolute Gasteiger partial charge is 0.293 e. The highest BCUT2D eigenvalue weighted by Gasteiger charge is 2.27. The van der Waals surface area contributed by atoms with Crippen LogP contribution in [0.1, 0.15) is 33.4 Å². The molecule has 7 heteroatoms. The fourth-order valence-electron chi connectivity index (χ4n) is 3.40. The van der Waals surface area contributed by atoms with Crippen LogP contribution in [-0.4, -0.2) is 59.2 Å². The number of Topliss-reactive ketones (excluding diaryl/α,β-unsaturated/α-hetero) is 1. The van der Waals surface area contributed by atoms with Crippen LogP contribution in [0, 0.1) is 13.8 Å². The van der Waals surface area contributed by atoms with Crippen molar-refractivity contribution in [1.82, 2.24) is 20.0 Å². The summed E-state index contributed by atoms with van der Waals surface area (Å²) in [7, 11) is 1.77. The highest BCUT2D eigenvalue weighted by Crippen LogP contribution is 2.17. The first-order valence-corrected chi connectivity index (χ1v) is 9.17. The van der Waals surface area contributed by atoms with Crippen molar-refractivity contribution in [2.75, 3.05) is 32.8 Å². The van der Waals surface area contributed by atoms with E-state index in [0.717, 1.165) is 18.7 Å². The number of hydrogen-bond donors (Lipinski definition) is 1. The lowest BCUT2D eigenvalue weighted by Gasteiger charge is -2.31. The molecule has 1 amide bonds. The number of nitrogens with zero attached hydrogens (tertiary/aromatic N) is 3. The SMILES string of the molecule is Cc1nn(C)c(C)c1C(=O)C(=O)NC(CN1CCOCC1)c1ccccc1. The summed E-state index contributed by atoms with van der Waals surface area (Å²) in [6, 6.07) is 9.48. The van der Waals surface area contributed by atoms with Gasteiger partial charge in [-0.3, -0.25) is 19.2 Å². The van der Waals surface area contributed by atoms with Crippen molar-refractivity contribution in [2.24, 2.45) is 7.05 Å². The van der Waals surface area contributed by atoms with Crippen molar-refractivity contribution in [1.29, 1.82) is 0 Å². The molecule has 1 aromatic carbocycles. The number of benzene rings is 1. The molecule has 1 atom stereocenters. The molecule has 2 heterocycles. The van der Waals surface area contributed by atoms with E-state index in [1.165, 1.54) is 0 Å². The van der Waals surface area contributed by atoms with Gasteiger partial charge in [0, 0.05) is 32.4 Å². The Kier molecular flexibility index (Phi) is 6.03. The second-order valence-electron chi connectivity index (χ2n) is 6.85. The molecule has 144 valence electrons. The van der Waals surface area contributed by atoms with Gasteiger partial charge in [0.2, 0.25) is 0 Å². The number of nitrogens with one attached hydrogen (secondary N) is 1. The number of morpholine rings is 1. The number of aryl methyl sites for hydroxylation is 2. The van der Waals surface area contributed by atoms with Crippen molar-refractivity contribution in [3.63, 3.8) is 0 Å². The van der Waals surface area contributed by atoms with Crippen molar-refractivity contribution < 1.29 is 14.3 Å². The monoisotopic (exact) mass is 370 g/mol. The van der Waals surface area contributed by atoms with E-state index in [4.69, 9.17) is 4.74 Å². The summed E-state index contributed by atoms with van der Waals surface area (Å²) in [5, 5.41) is 7.17. The van der Waals surface area contributed by atoms with Gasteiger partial charge in [-0.1, -0.05) is 30.3 Å². The second kappa shape index (κ2) is 8.45. The molecule has 2 aromatic rings. The Hall–Kier alpha value is -2.51. The van der Waals surface area contributed by atoms with Crippen LogP contribution in [0.25, 0.3) is 0 Å². The maximum absolute atomic E-state index is 12.8. The molecule has 3 rings (SSSR count). The van der Waals surface area contributed by atoms with E-state index >= 15 is 0 Å². The van der Waals surface area contributed by atoms with E-state index in [1.807, 2.05) is 30.3 Å². The van der Waals surface area contributed by atoms with Gasteiger partial charge >= 0.3 is 0 Å². The molecule has 0 saturated carbocycles. The molecule has 0 radical (unpaired) electrons. The largest absolute Gasteiger partial charge is 0.379 e. The third-order valence-corrected chi connectivity index (χ3v) is 4.99. The zero-order valence-corrected chi connectivity index (χ0v) is 16.1. The number of aromatic nitrogens is 2. The van der Waals surface area contributed by atoms with Gasteiger partial charge in [-0.05, 0) is 19.4 Å². The van der Waals surface area contributed by atoms with E-state index in [9.17, 15) is 9.59 Å². The quantitative estimate of drug-likeness (QED) is 0.615. The predicted molar refractivity (Wildman–Crippen MR) is 102 cm³/mol. The maximum atomic E-state index is 12.8. The van der Waals surface area contributed by atoms with Crippen molar-refractivity contribution in [3.8, 4) is 0 Å². The third kappa shape index (κ3) is 4.43. The van der Waals surface area contributed by atoms with Gasteiger partial charge in [-0.2, -0.15) is 5.10 Å². The molecule has 1 saturated heterocycles. The molecule has 0 spiro atoms. The molecule has 1 aromatic heterocycles. The first-order chi connectivity index (χ1) is 13.0. The van der Waals surface area contributed by atoms with Crippen LogP contribution >= 0.6 is 0 Å². The summed E-state index contributed by atoms with van der Waals surface area (Å²) >= 11 is 0. The molecular formula is C20H26N4O3. The van der Waals surface area contributed by atoms with Gasteiger partial charge in [-0.25, -0.2) is 0 Å². The van der Waals surface area contributed by atoms with Crippen LogP contribution in [0.15, 0.2) is 30.3 Å². The number of carbonyl (C=O) groups is 2. The highest BCUT2D eigenvalue weighted by molar-refractivity contribution is 6.43. The average molecular weight is 370 g/mol. The minimum Gasteiger partial charge on any atom is -0.379 e. The number of rotatable bonds is 6. The standard InChI is InChI=1S/C20H26N4O3/c1-14-18(15(2)23(3)22-14)19(25)20(26)21-17(16-7-5-4-6-8-16)13-24-9-11-27-12-10-24/h4-8,17H,9-13H2,1-3H3,(H,21,26). The normalized spacial score (nSPS) is 16.1. The lowest BCUT2D eigenvalue weighted by molar-refractivity contribution is -0.118. The van der Waals surface area contributed by atoms with Gasteiger partial charge in [0.15, 0.2) is 0 Å². The van der Waals surface area contributed by atoms with Crippen LogP contribution < -0.4 is 5.32 Å². The molecule has 0 bridgehead atoms. The first-order valence-electron chi connectivity index (χ1n) is 9.17. The van der Waals surface area contributed by atoms with E-state index in [-0.39, 0.29) is 6.04 Å². The van der Waals surface area contributed by atoms with Gasteiger partial charge in [-0.15, -0.1) is 0 Å². The van der Waals surface area contributed by atoms with E-state index < -0.39 is 11.7 Å². The summed E-state index contributed by atoms with van der Waals surface area (Å²) in [5.74, 6) is -1.14. The lowest BCUT2D eigenvalue weighted by atomic mass is 10.0. The molecule has 1 fully saturated rings. The molecule has 1 N–H and O–H groups in total. The average Bonchev–Trinajstić information content (AvgIpc) is 2.94. The summed E-state index contributed by atoms with van der Waals surface area (Å²) in [5.41, 5.74) is 2.62. The lowest BCUT2D eigenvalue weighted by Crippen LogP contribution is -2.44. The number of ether oxygens (including phenoxy) is 1. The van der Waals surface area contributed by atoms with Crippen LogP contribution in [0.4, 0.5) is 0 Å². The Morgan fingerprint density at radius 3 is 2.44 bits per heavy atom. The Morgan fingerprint density at radius 1 is 1.19 bits per heavy atom. The highest BCUT2D eigenvalue weighted by atomic mass is 16.5. The minimum absolute atomic E-state index is 0.266. The van der Waals surface area contributed by atoms with Gasteiger partial charge < -0.3 is 10.1 Å². The zero-order valence-electron chi connectivity index (χ0n) is 16.1. The number of hydrogen-bond acceptors (Lipinski definition) is 5. The summed E-state index contributed by atoms with van der Waals surface area (Å²) in [6.45, 7) is 7.17. The van der Waals surface area contributed by atoms with E-state index in [2.05, 4.69) is 15.3 Å². The Labute approximate surface area is 159 Å². The Morgan fingerprint density at radius 2 is 1.85 bits per heavy atom. The molecule has 1 aliphatic heterocycles. The number of amides is 1. The van der Waals surface area contributed by atoms with Crippen LogP contribution in [0.5, 0.6) is 0 Å². The summed E-state index contributed by atoms with van der Waals surface area (Å²) in [6.07, 6.45) is 0. The minimum atomic E-state index is -0.601. The predicted octanol–water partition coefficient (Wildman–Crippen LogP) is 1.41.